The third-order valence-corrected chi connectivity index (χ3v) is 8.26. The normalized spacial score (nSPS) is 32.6. The summed E-state index contributed by atoms with van der Waals surface area (Å²) in [5.74, 6) is -9.04. The number of aliphatic carboxylic acids is 1. The molecule has 3 fully saturated rings. The molecule has 52 heavy (non-hydrogen) atoms. The van der Waals surface area contributed by atoms with Gasteiger partial charge in [-0.2, -0.15) is 0 Å². The van der Waals surface area contributed by atoms with E-state index in [9.17, 15) is 39.0 Å². The molecular weight excluding hydrogens is 700 g/mol. The first-order chi connectivity index (χ1) is 24.5. The van der Waals surface area contributed by atoms with Crippen LogP contribution in [-0.4, -0.2) is 133 Å². The third-order valence-electron chi connectivity index (χ3n) is 8.26. The van der Waals surface area contributed by atoms with Crippen LogP contribution in [0.5, 0.6) is 0 Å². The molecule has 19 heteroatoms. The van der Waals surface area contributed by atoms with Crippen molar-refractivity contribution in [1.29, 1.82) is 0 Å². The lowest BCUT2D eigenvalue weighted by molar-refractivity contribution is -0.397. The Hall–Kier alpha value is -4.24. The molecule has 288 valence electrons. The van der Waals surface area contributed by atoms with Gasteiger partial charge in [-0.15, -0.1) is 0 Å². The number of amides is 1. The minimum Gasteiger partial charge on any atom is -0.477 e. The average molecular weight is 744 g/mol. The zero-order valence-corrected chi connectivity index (χ0v) is 29.3. The largest absolute Gasteiger partial charge is 0.477 e. The fourth-order valence-corrected chi connectivity index (χ4v) is 6.26. The fourth-order valence-electron chi connectivity index (χ4n) is 6.26. The number of hydrogen-bond donors (Lipinski definition) is 3. The minimum atomic E-state index is -2.88. The topological polar surface area (TPSA) is 247 Å². The number of fused-ring (bicyclic) bond motifs is 1. The molecule has 0 bridgehead atoms. The Bertz CT molecular complexity index is 1460. The second-order valence-electron chi connectivity index (χ2n) is 12.3. The molecule has 0 aromatic heterocycles. The molecule has 1 amide bonds. The summed E-state index contributed by atoms with van der Waals surface area (Å²) in [6.45, 7) is 4.37. The standard InChI is InChI=1S/C33H43NO18/c1-15(35)34-24-21(46-17(3)37)12-33(32(41)42,51-28(24)26(48-19(5)39)22(47-18(4)38)13-44-16(2)36)52-29-25(40)31(43-6)49-23-14-45-30(50-27(23)29)20-10-8-7-9-11-20/h7-11,21-31,40H,12-14H2,1-6H3,(H,34,35)(H,41,42)/t21-,22+,23+,24+,25+,26+,27-,28+,29+,30?,31+,33-/m0/s1/i13+1,14+1. The summed E-state index contributed by atoms with van der Waals surface area (Å²) in [5, 5.41) is 24.9. The van der Waals surface area contributed by atoms with Gasteiger partial charge in [0.15, 0.2) is 24.8 Å². The van der Waals surface area contributed by atoms with Crippen LogP contribution in [0.15, 0.2) is 30.3 Å². The van der Waals surface area contributed by atoms with Crippen molar-refractivity contribution in [2.24, 2.45) is 0 Å². The zero-order chi connectivity index (χ0) is 38.3. The highest BCUT2D eigenvalue weighted by Gasteiger charge is 2.62. The van der Waals surface area contributed by atoms with E-state index in [4.69, 9.17) is 47.4 Å². The predicted octanol–water partition coefficient (Wildman–Crippen LogP) is -0.349. The maximum absolute atomic E-state index is 13.4. The SMILES string of the molecule is CO[C@@H]1O[C@@H]2[13CH2]OC(c3ccccc3)O[C@@H]2[C@H](O[C@]2(C(=O)O)C[C@H](OC(C)=O)[C@@H](NC(C)=O)[C@H]([C@H](OC(C)=O)[C@@H]([13CH2]OC(C)=O)OC(C)=O)O2)[C@H]1O. The number of methoxy groups -OCH3 is 1. The number of carbonyl (C=O) groups is 6. The van der Waals surface area contributed by atoms with E-state index in [0.29, 0.717) is 5.56 Å². The van der Waals surface area contributed by atoms with Crippen LogP contribution in [0.3, 0.4) is 0 Å². The molecule has 3 N–H and O–H groups in total. The Morgan fingerprint density at radius 3 is 2.17 bits per heavy atom. The average Bonchev–Trinajstić information content (AvgIpc) is 3.07. The maximum Gasteiger partial charge on any atom is 0.364 e. The number of esters is 4. The number of hydrogen-bond acceptors (Lipinski definition) is 17. The van der Waals surface area contributed by atoms with E-state index in [1.54, 1.807) is 30.3 Å². The lowest BCUT2D eigenvalue weighted by Gasteiger charge is -2.52. The summed E-state index contributed by atoms with van der Waals surface area (Å²) in [4.78, 5) is 74.9. The lowest BCUT2D eigenvalue weighted by Crippen LogP contribution is -2.71. The van der Waals surface area contributed by atoms with E-state index in [2.05, 4.69) is 5.32 Å². The van der Waals surface area contributed by atoms with Crippen molar-refractivity contribution in [3.05, 3.63) is 35.9 Å². The third kappa shape index (κ3) is 9.79. The van der Waals surface area contributed by atoms with Gasteiger partial charge in [0.1, 0.15) is 43.2 Å². The molecule has 0 saturated carbocycles. The number of carboxylic acid groups (broad SMARTS) is 1. The van der Waals surface area contributed by atoms with Gasteiger partial charge in [0, 0.05) is 47.3 Å². The monoisotopic (exact) mass is 743 g/mol. The number of carbonyl (C=O) groups excluding carboxylic acids is 5. The van der Waals surface area contributed by atoms with E-state index < -0.39 is 122 Å². The van der Waals surface area contributed by atoms with E-state index in [0.717, 1.165) is 34.6 Å². The summed E-state index contributed by atoms with van der Waals surface area (Å²) < 4.78 is 57.1. The molecule has 1 unspecified atom stereocenters. The van der Waals surface area contributed by atoms with Crippen molar-refractivity contribution in [3.8, 4) is 0 Å². The van der Waals surface area contributed by atoms with E-state index in [1.807, 2.05) is 0 Å². The molecule has 4 rings (SSSR count). The van der Waals surface area contributed by atoms with Gasteiger partial charge >= 0.3 is 29.8 Å². The number of aliphatic hydroxyl groups excluding tert-OH is 1. The van der Waals surface area contributed by atoms with Crippen LogP contribution in [0, 0.1) is 0 Å². The smallest absolute Gasteiger partial charge is 0.364 e. The van der Waals surface area contributed by atoms with Crippen molar-refractivity contribution >= 4 is 35.8 Å². The van der Waals surface area contributed by atoms with Crippen LogP contribution in [0.25, 0.3) is 0 Å². The summed E-state index contributed by atoms with van der Waals surface area (Å²) in [6.07, 6.45) is -15.6. The van der Waals surface area contributed by atoms with Crippen LogP contribution in [0.1, 0.15) is 52.9 Å². The first-order valence-electron chi connectivity index (χ1n) is 16.2. The number of ether oxygens (including phenoxy) is 10. The number of rotatable bonds is 13. The molecule has 3 aliphatic heterocycles. The van der Waals surface area contributed by atoms with Crippen LogP contribution < -0.4 is 5.32 Å². The van der Waals surface area contributed by atoms with Crippen molar-refractivity contribution in [2.75, 3.05) is 20.3 Å². The Morgan fingerprint density at radius 1 is 0.942 bits per heavy atom. The fraction of sp³-hybridized carbons (Fsp3) is 0.636. The van der Waals surface area contributed by atoms with Gasteiger partial charge in [0.2, 0.25) is 5.91 Å². The van der Waals surface area contributed by atoms with Gasteiger partial charge in [-0.05, 0) is 0 Å². The van der Waals surface area contributed by atoms with Gasteiger partial charge in [-0.1, -0.05) is 30.3 Å². The van der Waals surface area contributed by atoms with Crippen LogP contribution in [0.4, 0.5) is 0 Å². The molecule has 1 aromatic carbocycles. The summed E-state index contributed by atoms with van der Waals surface area (Å²) in [6, 6.07) is 7.23. The molecule has 3 saturated heterocycles. The second-order valence-corrected chi connectivity index (χ2v) is 12.3. The first kappa shape index (κ1) is 40.5. The maximum atomic E-state index is 13.4. The Morgan fingerprint density at radius 2 is 1.62 bits per heavy atom. The van der Waals surface area contributed by atoms with Gasteiger partial charge in [0.25, 0.3) is 5.79 Å². The first-order valence-corrected chi connectivity index (χ1v) is 16.2. The molecule has 0 spiro atoms. The minimum absolute atomic E-state index is 0.102. The molecule has 3 aliphatic rings. The highest BCUT2D eigenvalue weighted by molar-refractivity contribution is 5.77. The van der Waals surface area contributed by atoms with Crippen molar-refractivity contribution < 1.29 is 86.3 Å². The highest BCUT2D eigenvalue weighted by Crippen LogP contribution is 2.42. The van der Waals surface area contributed by atoms with Crippen LogP contribution >= 0.6 is 0 Å². The molecular formula is C33H43NO18. The molecule has 19 nitrogen and oxygen atoms in total. The summed E-state index contributed by atoms with van der Waals surface area (Å²) in [5.41, 5.74) is 0.589. The quantitative estimate of drug-likeness (QED) is 0.133. The van der Waals surface area contributed by atoms with Crippen molar-refractivity contribution in [3.63, 3.8) is 0 Å². The number of nitrogens with one attached hydrogen (secondary N) is 1. The van der Waals surface area contributed by atoms with Crippen LogP contribution in [-0.2, 0) is 76.1 Å². The van der Waals surface area contributed by atoms with E-state index >= 15 is 0 Å². The van der Waals surface area contributed by atoms with Gasteiger partial charge in [-0.3, -0.25) is 24.0 Å². The van der Waals surface area contributed by atoms with E-state index in [1.165, 1.54) is 7.11 Å². The highest BCUT2D eigenvalue weighted by atomic mass is 16.8. The molecule has 12 atom stereocenters. The molecule has 0 radical (unpaired) electrons. The van der Waals surface area contributed by atoms with Gasteiger partial charge in [-0.25, -0.2) is 4.79 Å². The lowest BCUT2D eigenvalue weighted by atomic mass is 9.88. The summed E-state index contributed by atoms with van der Waals surface area (Å²) in [7, 11) is 1.24. The van der Waals surface area contributed by atoms with Gasteiger partial charge < -0.3 is 62.9 Å². The van der Waals surface area contributed by atoms with Gasteiger partial charge in [0.05, 0.1) is 19.1 Å². The molecule has 0 aliphatic carbocycles. The van der Waals surface area contributed by atoms with E-state index in [-0.39, 0.29) is 6.61 Å². The number of benzene rings is 1. The van der Waals surface area contributed by atoms with Crippen molar-refractivity contribution in [1.82, 2.24) is 5.32 Å². The Balaban J connectivity index is 1.84. The number of carboxylic acids is 1. The molecule has 1 aromatic rings. The Kier molecular flexibility index (Phi) is 13.7. The van der Waals surface area contributed by atoms with Crippen molar-refractivity contribution in [2.45, 2.75) is 114 Å². The predicted molar refractivity (Wildman–Crippen MR) is 167 cm³/mol. The summed E-state index contributed by atoms with van der Waals surface area (Å²) >= 11 is 0. The van der Waals surface area contributed by atoms with Crippen LogP contribution in [0.2, 0.25) is 0 Å². The second kappa shape index (κ2) is 17.5. The number of aliphatic hydroxyl groups is 1. The Labute approximate surface area is 298 Å². The molecule has 3 heterocycles. The zero-order valence-electron chi connectivity index (χ0n) is 29.3.